The first kappa shape index (κ1) is 15.0. The zero-order chi connectivity index (χ0) is 14.5. The van der Waals surface area contributed by atoms with Gasteiger partial charge in [-0.3, -0.25) is 0 Å². The topological polar surface area (TPSA) is 30.5 Å². The van der Waals surface area contributed by atoms with Crippen LogP contribution in [0.3, 0.4) is 0 Å². The molecular formula is C17H27NO2. The van der Waals surface area contributed by atoms with Crippen molar-refractivity contribution in [1.29, 1.82) is 0 Å². The number of hydrogen-bond acceptors (Lipinski definition) is 3. The van der Waals surface area contributed by atoms with Gasteiger partial charge >= 0.3 is 0 Å². The van der Waals surface area contributed by atoms with Crippen molar-refractivity contribution in [2.24, 2.45) is 11.8 Å². The smallest absolute Gasteiger partial charge is 0.162 e. The Morgan fingerprint density at radius 3 is 2.60 bits per heavy atom. The van der Waals surface area contributed by atoms with E-state index in [1.54, 1.807) is 7.11 Å². The number of nitrogens with one attached hydrogen (secondary N) is 1. The maximum atomic E-state index is 5.55. The fourth-order valence-corrected chi connectivity index (χ4v) is 2.95. The third-order valence-electron chi connectivity index (χ3n) is 4.43. The molecule has 3 atom stereocenters. The molecule has 0 amide bonds. The van der Waals surface area contributed by atoms with Crippen LogP contribution in [0.25, 0.3) is 0 Å². The Morgan fingerprint density at radius 1 is 1.15 bits per heavy atom. The first-order chi connectivity index (χ1) is 9.63. The minimum absolute atomic E-state index is 0.573. The Labute approximate surface area is 122 Å². The summed E-state index contributed by atoms with van der Waals surface area (Å²) in [5.74, 6) is 3.26. The van der Waals surface area contributed by atoms with E-state index in [-0.39, 0.29) is 0 Å². The SMILES string of the molecule is CCOc1ccc(NC2CCC(C)C(C)C2)cc1OC. The Hall–Kier alpha value is -1.38. The first-order valence-corrected chi connectivity index (χ1v) is 7.71. The van der Waals surface area contributed by atoms with Crippen LogP contribution in [0.4, 0.5) is 5.69 Å². The normalized spacial score (nSPS) is 26.1. The highest BCUT2D eigenvalue weighted by Crippen LogP contribution is 2.34. The van der Waals surface area contributed by atoms with Crippen LogP contribution in [0.1, 0.15) is 40.0 Å². The van der Waals surface area contributed by atoms with Crippen LogP contribution in [-0.4, -0.2) is 19.8 Å². The summed E-state index contributed by atoms with van der Waals surface area (Å²) >= 11 is 0. The summed E-state index contributed by atoms with van der Waals surface area (Å²) in [5.41, 5.74) is 1.12. The van der Waals surface area contributed by atoms with Gasteiger partial charge in [-0.05, 0) is 50.2 Å². The Balaban J connectivity index is 2.02. The van der Waals surface area contributed by atoms with Gasteiger partial charge in [0.25, 0.3) is 0 Å². The molecule has 0 radical (unpaired) electrons. The molecule has 1 N–H and O–H groups in total. The summed E-state index contributed by atoms with van der Waals surface area (Å²) in [7, 11) is 1.69. The van der Waals surface area contributed by atoms with Gasteiger partial charge in [0, 0.05) is 17.8 Å². The molecule has 3 heteroatoms. The summed E-state index contributed by atoms with van der Waals surface area (Å²) in [6.07, 6.45) is 3.81. The minimum Gasteiger partial charge on any atom is -0.493 e. The van der Waals surface area contributed by atoms with Crippen molar-refractivity contribution >= 4 is 5.69 Å². The molecule has 1 saturated carbocycles. The second kappa shape index (κ2) is 6.87. The van der Waals surface area contributed by atoms with Crippen LogP contribution >= 0.6 is 0 Å². The minimum atomic E-state index is 0.573. The molecule has 1 aromatic rings. The quantitative estimate of drug-likeness (QED) is 0.869. The Morgan fingerprint density at radius 2 is 1.95 bits per heavy atom. The van der Waals surface area contributed by atoms with E-state index in [0.29, 0.717) is 12.6 Å². The van der Waals surface area contributed by atoms with Crippen molar-refractivity contribution in [3.8, 4) is 11.5 Å². The lowest BCUT2D eigenvalue weighted by molar-refractivity contribution is 0.261. The van der Waals surface area contributed by atoms with Crippen molar-refractivity contribution in [2.45, 2.75) is 46.1 Å². The van der Waals surface area contributed by atoms with Crippen molar-refractivity contribution < 1.29 is 9.47 Å². The van der Waals surface area contributed by atoms with E-state index in [4.69, 9.17) is 9.47 Å². The number of benzene rings is 1. The Kier molecular flexibility index (Phi) is 5.16. The van der Waals surface area contributed by atoms with Gasteiger partial charge in [0.15, 0.2) is 11.5 Å². The van der Waals surface area contributed by atoms with E-state index in [9.17, 15) is 0 Å². The Bertz CT molecular complexity index is 433. The highest BCUT2D eigenvalue weighted by atomic mass is 16.5. The average molecular weight is 277 g/mol. The van der Waals surface area contributed by atoms with Gasteiger partial charge in [-0.2, -0.15) is 0 Å². The van der Waals surface area contributed by atoms with Crippen molar-refractivity contribution in [3.05, 3.63) is 18.2 Å². The predicted octanol–water partition coefficient (Wildman–Crippen LogP) is 4.33. The van der Waals surface area contributed by atoms with Gasteiger partial charge in [0.2, 0.25) is 0 Å². The van der Waals surface area contributed by atoms with Gasteiger partial charge in [-0.25, -0.2) is 0 Å². The molecule has 1 aromatic carbocycles. The largest absolute Gasteiger partial charge is 0.493 e. The van der Waals surface area contributed by atoms with Crippen LogP contribution in [0.15, 0.2) is 18.2 Å². The van der Waals surface area contributed by atoms with E-state index >= 15 is 0 Å². The molecule has 0 heterocycles. The van der Waals surface area contributed by atoms with E-state index in [1.165, 1.54) is 19.3 Å². The molecule has 0 bridgehead atoms. The van der Waals surface area contributed by atoms with Gasteiger partial charge in [-0.1, -0.05) is 13.8 Å². The number of ether oxygens (including phenoxy) is 2. The number of hydrogen-bond donors (Lipinski definition) is 1. The maximum absolute atomic E-state index is 5.55. The van der Waals surface area contributed by atoms with Crippen molar-refractivity contribution in [2.75, 3.05) is 19.0 Å². The number of rotatable bonds is 5. The highest BCUT2D eigenvalue weighted by Gasteiger charge is 2.24. The summed E-state index contributed by atoms with van der Waals surface area (Å²) in [6.45, 7) is 7.36. The molecule has 1 fully saturated rings. The summed E-state index contributed by atoms with van der Waals surface area (Å²) in [6, 6.07) is 6.67. The van der Waals surface area contributed by atoms with Crippen LogP contribution in [0.2, 0.25) is 0 Å². The lowest BCUT2D eigenvalue weighted by atomic mass is 9.79. The van der Waals surface area contributed by atoms with Crippen LogP contribution in [0, 0.1) is 11.8 Å². The van der Waals surface area contributed by atoms with Crippen LogP contribution < -0.4 is 14.8 Å². The average Bonchev–Trinajstić information content (AvgIpc) is 2.45. The van der Waals surface area contributed by atoms with Crippen molar-refractivity contribution in [1.82, 2.24) is 0 Å². The molecule has 20 heavy (non-hydrogen) atoms. The summed E-state index contributed by atoms with van der Waals surface area (Å²) in [4.78, 5) is 0. The molecule has 1 aliphatic carbocycles. The third-order valence-corrected chi connectivity index (χ3v) is 4.43. The molecule has 112 valence electrons. The second-order valence-electron chi connectivity index (χ2n) is 5.91. The molecule has 0 spiro atoms. The third kappa shape index (κ3) is 3.59. The molecule has 3 nitrogen and oxygen atoms in total. The fourth-order valence-electron chi connectivity index (χ4n) is 2.95. The van der Waals surface area contributed by atoms with E-state index in [0.717, 1.165) is 29.0 Å². The van der Waals surface area contributed by atoms with E-state index < -0.39 is 0 Å². The summed E-state index contributed by atoms with van der Waals surface area (Å²) < 4.78 is 11.0. The first-order valence-electron chi connectivity index (χ1n) is 7.71. The molecule has 3 unspecified atom stereocenters. The van der Waals surface area contributed by atoms with Crippen LogP contribution in [-0.2, 0) is 0 Å². The number of methoxy groups -OCH3 is 1. The predicted molar refractivity (Wildman–Crippen MR) is 83.8 cm³/mol. The van der Waals surface area contributed by atoms with E-state index in [2.05, 4.69) is 25.2 Å². The zero-order valence-electron chi connectivity index (χ0n) is 13.1. The lowest BCUT2D eigenvalue weighted by Crippen LogP contribution is -2.30. The van der Waals surface area contributed by atoms with Gasteiger partial charge in [0.05, 0.1) is 13.7 Å². The standard InChI is InChI=1S/C17H27NO2/c1-5-20-16-9-8-15(11-17(16)19-4)18-14-7-6-12(2)13(3)10-14/h8-9,11-14,18H,5-7,10H2,1-4H3. The monoisotopic (exact) mass is 277 g/mol. The molecule has 1 aliphatic rings. The fraction of sp³-hybridized carbons (Fsp3) is 0.647. The van der Waals surface area contributed by atoms with Gasteiger partial charge in [0.1, 0.15) is 0 Å². The lowest BCUT2D eigenvalue weighted by Gasteiger charge is -2.33. The van der Waals surface area contributed by atoms with Gasteiger partial charge in [-0.15, -0.1) is 0 Å². The second-order valence-corrected chi connectivity index (χ2v) is 5.91. The highest BCUT2D eigenvalue weighted by molar-refractivity contribution is 5.55. The zero-order valence-corrected chi connectivity index (χ0v) is 13.1. The molecule has 2 rings (SSSR count). The molecule has 0 saturated heterocycles. The van der Waals surface area contributed by atoms with Crippen LogP contribution in [0.5, 0.6) is 11.5 Å². The molecular weight excluding hydrogens is 250 g/mol. The molecule has 0 aromatic heterocycles. The van der Waals surface area contributed by atoms with Gasteiger partial charge < -0.3 is 14.8 Å². The summed E-state index contributed by atoms with van der Waals surface area (Å²) in [5, 5.41) is 3.64. The number of anilines is 1. The molecule has 0 aliphatic heterocycles. The van der Waals surface area contributed by atoms with Crippen molar-refractivity contribution in [3.63, 3.8) is 0 Å². The van der Waals surface area contributed by atoms with E-state index in [1.807, 2.05) is 19.1 Å². The maximum Gasteiger partial charge on any atom is 0.162 e.